The molecule has 3 heterocycles. The zero-order valence-electron chi connectivity index (χ0n) is 31.7. The van der Waals surface area contributed by atoms with Gasteiger partial charge in [-0.05, 0) is 87.5 Å². The molecule has 1 aliphatic heterocycles. The van der Waals surface area contributed by atoms with Crippen LogP contribution >= 0.6 is 0 Å². The molecule has 0 fully saturated rings. The van der Waals surface area contributed by atoms with Crippen LogP contribution in [-0.4, -0.2) is 14.7 Å². The number of allylic oxidation sites excluding steroid dienone is 1. The Kier molecular flexibility index (Phi) is 8.18. The number of fused-ring (bicyclic) bond motifs is 5. The standard InChI is InChI=1S/C54H38N4/c1-4-16-37(17-5-1)41-20-14-22-43(34-41)47-36-48(44-23-15-21-42(35-44)38-18-6-2-7-19-38)56-53(55-47)40-32-30-39(31-33-40)52-46-26-10-11-27-49(46)58-51-29-13-12-28-50(51)57(54(52)58)45-24-8-3-9-25-45/h1-36,53,55H. The first-order chi connectivity index (χ1) is 28.8. The van der Waals surface area contributed by atoms with E-state index in [-0.39, 0.29) is 6.17 Å². The van der Waals surface area contributed by atoms with Gasteiger partial charge in [0.15, 0.2) is 0 Å². The lowest BCUT2D eigenvalue weighted by Crippen LogP contribution is -2.24. The van der Waals surface area contributed by atoms with Gasteiger partial charge < -0.3 is 5.32 Å². The van der Waals surface area contributed by atoms with Crippen LogP contribution in [0, 0.1) is 0 Å². The highest BCUT2D eigenvalue weighted by Crippen LogP contribution is 2.41. The van der Waals surface area contributed by atoms with Crippen LogP contribution in [0.3, 0.4) is 0 Å². The number of benzene rings is 8. The van der Waals surface area contributed by atoms with Crippen molar-refractivity contribution in [3.8, 4) is 39.1 Å². The number of aliphatic imine (C=N–C) groups is 1. The number of nitrogens with zero attached hydrogens (tertiary/aromatic N) is 3. The van der Waals surface area contributed by atoms with Gasteiger partial charge in [-0.1, -0.05) is 170 Å². The topological polar surface area (TPSA) is 33.7 Å². The molecule has 0 saturated carbocycles. The first kappa shape index (κ1) is 33.6. The first-order valence-corrected chi connectivity index (χ1v) is 19.8. The van der Waals surface area contributed by atoms with E-state index in [9.17, 15) is 0 Å². The van der Waals surface area contributed by atoms with E-state index in [2.05, 4.69) is 233 Å². The number of imidazole rings is 1. The highest BCUT2D eigenvalue weighted by atomic mass is 15.1. The van der Waals surface area contributed by atoms with E-state index < -0.39 is 0 Å². The summed E-state index contributed by atoms with van der Waals surface area (Å²) >= 11 is 0. The van der Waals surface area contributed by atoms with Crippen LogP contribution in [0.5, 0.6) is 0 Å². The van der Waals surface area contributed by atoms with E-state index in [1.807, 2.05) is 0 Å². The van der Waals surface area contributed by atoms with Crippen LogP contribution in [0.25, 0.3) is 72.3 Å². The minimum Gasteiger partial charge on any atom is -0.360 e. The average molecular weight is 743 g/mol. The number of para-hydroxylation sites is 4. The molecule has 8 aromatic carbocycles. The van der Waals surface area contributed by atoms with E-state index >= 15 is 0 Å². The fourth-order valence-electron chi connectivity index (χ4n) is 8.60. The van der Waals surface area contributed by atoms with E-state index in [4.69, 9.17) is 4.99 Å². The van der Waals surface area contributed by atoms with Crippen LogP contribution in [0.1, 0.15) is 22.9 Å². The second kappa shape index (κ2) is 14.1. The van der Waals surface area contributed by atoms with Crippen LogP contribution in [0.2, 0.25) is 0 Å². The van der Waals surface area contributed by atoms with E-state index in [0.717, 1.165) is 45.0 Å². The summed E-state index contributed by atoms with van der Waals surface area (Å²) in [6, 6.07) is 75.8. The quantitative estimate of drug-likeness (QED) is 0.173. The fraction of sp³-hybridized carbons (Fsp3) is 0.0185. The molecular formula is C54H38N4. The predicted octanol–water partition coefficient (Wildman–Crippen LogP) is 13.2. The van der Waals surface area contributed by atoms with E-state index in [1.54, 1.807) is 0 Å². The Bertz CT molecular complexity index is 3170. The van der Waals surface area contributed by atoms with Gasteiger partial charge in [0.05, 0.1) is 22.3 Å². The lowest BCUT2D eigenvalue weighted by Gasteiger charge is -2.25. The van der Waals surface area contributed by atoms with Crippen molar-refractivity contribution in [2.24, 2.45) is 4.99 Å². The summed E-state index contributed by atoms with van der Waals surface area (Å²) in [7, 11) is 0. The minimum atomic E-state index is -0.300. The molecule has 0 radical (unpaired) electrons. The van der Waals surface area contributed by atoms with Crippen molar-refractivity contribution in [1.82, 2.24) is 14.3 Å². The summed E-state index contributed by atoms with van der Waals surface area (Å²) in [6.07, 6.45) is 1.90. The Balaban J connectivity index is 1.04. The lowest BCUT2D eigenvalue weighted by atomic mass is 9.96. The van der Waals surface area contributed by atoms with Gasteiger partial charge in [-0.25, -0.2) is 0 Å². The molecule has 1 N–H and O–H groups in total. The normalized spacial score (nSPS) is 14.0. The third kappa shape index (κ3) is 5.82. The molecule has 2 aromatic heterocycles. The number of hydrogen-bond donors (Lipinski definition) is 1. The maximum atomic E-state index is 5.41. The van der Waals surface area contributed by atoms with Crippen molar-refractivity contribution in [1.29, 1.82) is 0 Å². The SMILES string of the molecule is C1=C(c2cccc(-c3ccccc3)c2)NC(c2ccc(-c3c4ccccc4n4c5ccccc5n(-c5ccccc5)c34)cc2)N=C1c1cccc(-c2ccccc2)c1. The first-order valence-electron chi connectivity index (χ1n) is 19.8. The van der Waals surface area contributed by atoms with Gasteiger partial charge in [-0.2, -0.15) is 0 Å². The Hall–Kier alpha value is -7.69. The summed E-state index contributed by atoms with van der Waals surface area (Å²) in [5.41, 5.74) is 18.2. The molecule has 10 aromatic rings. The van der Waals surface area contributed by atoms with Crippen LogP contribution in [0.15, 0.2) is 223 Å². The van der Waals surface area contributed by atoms with Gasteiger partial charge in [-0.3, -0.25) is 14.0 Å². The van der Waals surface area contributed by atoms with Crippen molar-refractivity contribution >= 4 is 39.0 Å². The van der Waals surface area contributed by atoms with Crippen molar-refractivity contribution < 1.29 is 0 Å². The second-order valence-corrected chi connectivity index (χ2v) is 14.8. The minimum absolute atomic E-state index is 0.300. The van der Waals surface area contributed by atoms with Crippen molar-refractivity contribution in [3.05, 3.63) is 235 Å². The predicted molar refractivity (Wildman–Crippen MR) is 241 cm³/mol. The van der Waals surface area contributed by atoms with E-state index in [0.29, 0.717) is 0 Å². The highest BCUT2D eigenvalue weighted by Gasteiger charge is 2.24. The Morgan fingerprint density at radius 1 is 0.414 bits per heavy atom. The molecule has 11 rings (SSSR count). The second-order valence-electron chi connectivity index (χ2n) is 14.8. The molecule has 0 spiro atoms. The number of rotatable bonds is 7. The molecule has 58 heavy (non-hydrogen) atoms. The van der Waals surface area contributed by atoms with Gasteiger partial charge in [-0.15, -0.1) is 0 Å². The Labute approximate surface area is 337 Å². The number of aromatic nitrogens is 2. The zero-order valence-corrected chi connectivity index (χ0v) is 31.7. The number of nitrogens with one attached hydrogen (secondary N) is 1. The Morgan fingerprint density at radius 3 is 1.64 bits per heavy atom. The van der Waals surface area contributed by atoms with Gasteiger partial charge in [0.1, 0.15) is 11.8 Å². The number of hydrogen-bond acceptors (Lipinski definition) is 2. The summed E-state index contributed by atoms with van der Waals surface area (Å²) in [6.45, 7) is 0. The van der Waals surface area contributed by atoms with Crippen molar-refractivity contribution in [2.45, 2.75) is 6.17 Å². The van der Waals surface area contributed by atoms with Crippen LogP contribution in [0.4, 0.5) is 0 Å². The molecular weight excluding hydrogens is 705 g/mol. The summed E-state index contributed by atoms with van der Waals surface area (Å²) in [5.74, 6) is 0. The molecule has 1 unspecified atom stereocenters. The third-order valence-corrected chi connectivity index (χ3v) is 11.3. The molecule has 0 amide bonds. The molecule has 0 saturated heterocycles. The average Bonchev–Trinajstić information content (AvgIpc) is 3.82. The molecule has 0 aliphatic carbocycles. The largest absolute Gasteiger partial charge is 0.360 e. The molecule has 4 nitrogen and oxygen atoms in total. The molecule has 1 aliphatic rings. The third-order valence-electron chi connectivity index (χ3n) is 11.3. The summed E-state index contributed by atoms with van der Waals surface area (Å²) in [5, 5.41) is 5.06. The van der Waals surface area contributed by atoms with Gasteiger partial charge in [0, 0.05) is 27.9 Å². The fourth-order valence-corrected chi connectivity index (χ4v) is 8.60. The molecule has 274 valence electrons. The van der Waals surface area contributed by atoms with Gasteiger partial charge >= 0.3 is 0 Å². The van der Waals surface area contributed by atoms with Gasteiger partial charge in [0.25, 0.3) is 0 Å². The molecule has 4 heteroatoms. The van der Waals surface area contributed by atoms with E-state index in [1.165, 1.54) is 49.8 Å². The zero-order chi connectivity index (χ0) is 38.4. The maximum absolute atomic E-state index is 5.41. The summed E-state index contributed by atoms with van der Waals surface area (Å²) < 4.78 is 4.83. The van der Waals surface area contributed by atoms with Crippen molar-refractivity contribution in [3.63, 3.8) is 0 Å². The maximum Gasteiger partial charge on any atom is 0.145 e. The monoisotopic (exact) mass is 742 g/mol. The lowest BCUT2D eigenvalue weighted by molar-refractivity contribution is 0.664. The van der Waals surface area contributed by atoms with Gasteiger partial charge in [0.2, 0.25) is 0 Å². The summed E-state index contributed by atoms with van der Waals surface area (Å²) in [4.78, 5) is 5.41. The van der Waals surface area contributed by atoms with Crippen molar-refractivity contribution in [2.75, 3.05) is 0 Å². The molecule has 1 atom stereocenters. The van der Waals surface area contributed by atoms with Crippen LogP contribution in [-0.2, 0) is 0 Å². The molecule has 0 bridgehead atoms. The highest BCUT2D eigenvalue weighted by molar-refractivity contribution is 6.14. The van der Waals surface area contributed by atoms with Crippen LogP contribution < -0.4 is 5.32 Å². The Morgan fingerprint density at radius 2 is 0.948 bits per heavy atom. The smallest absolute Gasteiger partial charge is 0.145 e.